The summed E-state index contributed by atoms with van der Waals surface area (Å²) in [4.78, 5) is 32.9. The van der Waals surface area contributed by atoms with E-state index in [1.54, 1.807) is 0 Å². The molecule has 2 fully saturated rings. The summed E-state index contributed by atoms with van der Waals surface area (Å²) in [6.07, 6.45) is 5.63. The summed E-state index contributed by atoms with van der Waals surface area (Å²) in [6, 6.07) is 13.9. The van der Waals surface area contributed by atoms with E-state index < -0.39 is 5.60 Å². The fourth-order valence-corrected chi connectivity index (χ4v) is 4.08. The molecule has 2 heterocycles. The summed E-state index contributed by atoms with van der Waals surface area (Å²) in [5, 5.41) is 5.16. The first-order valence-electron chi connectivity index (χ1n) is 10.4. The van der Waals surface area contributed by atoms with Gasteiger partial charge >= 0.3 is 0 Å². The Morgan fingerprint density at radius 2 is 1.86 bits per heavy atom. The van der Waals surface area contributed by atoms with Crippen molar-refractivity contribution in [3.05, 3.63) is 59.8 Å². The van der Waals surface area contributed by atoms with Crippen LogP contribution in [-0.2, 0) is 9.63 Å². The van der Waals surface area contributed by atoms with Crippen molar-refractivity contribution in [1.82, 2.24) is 15.7 Å². The van der Waals surface area contributed by atoms with E-state index >= 15 is 0 Å². The molecule has 6 nitrogen and oxygen atoms in total. The number of amides is 2. The van der Waals surface area contributed by atoms with Crippen molar-refractivity contribution < 1.29 is 14.4 Å². The Balaban J connectivity index is 1.22. The number of hydrogen-bond donors (Lipinski definition) is 2. The summed E-state index contributed by atoms with van der Waals surface area (Å²) < 4.78 is 0. The van der Waals surface area contributed by atoms with Crippen LogP contribution in [0.15, 0.2) is 54.2 Å². The highest BCUT2D eigenvalue weighted by molar-refractivity contribution is 5.98. The molecule has 0 atom stereocenters. The van der Waals surface area contributed by atoms with Crippen LogP contribution in [0.2, 0.25) is 0 Å². The molecule has 6 heteroatoms. The van der Waals surface area contributed by atoms with Crippen molar-refractivity contribution in [2.45, 2.75) is 31.3 Å². The summed E-state index contributed by atoms with van der Waals surface area (Å²) in [6.45, 7) is 1.93. The summed E-state index contributed by atoms with van der Waals surface area (Å²) in [7, 11) is 0. The van der Waals surface area contributed by atoms with Crippen molar-refractivity contribution in [2.24, 2.45) is 5.92 Å². The number of nitrogens with zero attached hydrogens (tertiary/aromatic N) is 1. The zero-order chi connectivity index (χ0) is 19.8. The molecule has 2 aromatic carbocycles. The van der Waals surface area contributed by atoms with Crippen LogP contribution in [-0.4, -0.2) is 41.9 Å². The number of benzene rings is 2. The SMILES string of the molecule is O=C(NCC1CC1)C1=CC2(CCN(C(=O)c3ccc4ccccc4c3)CC2)ON1. The molecule has 29 heavy (non-hydrogen) atoms. The number of carbonyl (C=O) groups excluding carboxylic acids is 2. The number of nitrogens with one attached hydrogen (secondary N) is 2. The van der Waals surface area contributed by atoms with E-state index in [1.807, 2.05) is 53.4 Å². The number of hydroxylamine groups is 1. The molecule has 3 aliphatic rings. The van der Waals surface area contributed by atoms with Gasteiger partial charge in [-0.1, -0.05) is 30.3 Å². The number of carbonyl (C=O) groups is 2. The number of fused-ring (bicyclic) bond motifs is 1. The molecular weight excluding hydrogens is 366 g/mol. The highest BCUT2D eigenvalue weighted by atomic mass is 16.7. The lowest BCUT2D eigenvalue weighted by molar-refractivity contribution is -0.120. The predicted molar refractivity (Wildman–Crippen MR) is 110 cm³/mol. The van der Waals surface area contributed by atoms with Gasteiger partial charge in [-0.05, 0) is 47.7 Å². The zero-order valence-corrected chi connectivity index (χ0v) is 16.3. The Hall–Kier alpha value is -2.86. The third kappa shape index (κ3) is 3.72. The Morgan fingerprint density at radius 3 is 2.62 bits per heavy atom. The van der Waals surface area contributed by atoms with Gasteiger partial charge < -0.3 is 10.2 Å². The maximum atomic E-state index is 13.0. The molecule has 0 bridgehead atoms. The first-order chi connectivity index (χ1) is 14.1. The topological polar surface area (TPSA) is 70.7 Å². The largest absolute Gasteiger partial charge is 0.350 e. The fourth-order valence-electron chi connectivity index (χ4n) is 4.08. The summed E-state index contributed by atoms with van der Waals surface area (Å²) in [5.41, 5.74) is 3.49. The van der Waals surface area contributed by atoms with Gasteiger partial charge in [0.2, 0.25) is 0 Å². The molecule has 1 spiro atoms. The van der Waals surface area contributed by atoms with Gasteiger partial charge in [0, 0.05) is 38.0 Å². The Bertz CT molecular complexity index is 988. The molecule has 2 aliphatic heterocycles. The molecule has 0 radical (unpaired) electrons. The predicted octanol–water partition coefficient (Wildman–Crippen LogP) is 2.76. The second kappa shape index (κ2) is 7.19. The van der Waals surface area contributed by atoms with Crippen molar-refractivity contribution in [2.75, 3.05) is 19.6 Å². The smallest absolute Gasteiger partial charge is 0.269 e. The van der Waals surface area contributed by atoms with Gasteiger partial charge in [-0.25, -0.2) is 0 Å². The molecule has 0 aromatic heterocycles. The standard InChI is InChI=1S/C23H25N3O3/c27-21(24-15-16-5-6-16)20-14-23(29-25-20)9-11-26(12-10-23)22(28)19-8-7-17-3-1-2-4-18(17)13-19/h1-4,7-8,13-14,16,25H,5-6,9-12,15H2,(H,24,27). The molecule has 1 saturated heterocycles. The number of piperidine rings is 1. The summed E-state index contributed by atoms with van der Waals surface area (Å²) >= 11 is 0. The van der Waals surface area contributed by atoms with Gasteiger partial charge in [0.15, 0.2) is 0 Å². The molecule has 2 amide bonds. The highest BCUT2D eigenvalue weighted by Crippen LogP contribution is 2.33. The van der Waals surface area contributed by atoms with E-state index in [9.17, 15) is 9.59 Å². The Morgan fingerprint density at radius 1 is 1.10 bits per heavy atom. The molecule has 0 unspecified atom stereocenters. The van der Waals surface area contributed by atoms with Crippen LogP contribution in [0.25, 0.3) is 10.8 Å². The molecule has 2 aromatic rings. The molecule has 5 rings (SSSR count). The van der Waals surface area contributed by atoms with Gasteiger partial charge in [-0.15, -0.1) is 0 Å². The number of rotatable bonds is 4. The van der Waals surface area contributed by atoms with Crippen LogP contribution in [0, 0.1) is 5.92 Å². The average molecular weight is 391 g/mol. The molecular formula is C23H25N3O3. The Kier molecular flexibility index (Phi) is 4.51. The number of likely N-dealkylation sites (tertiary alicyclic amines) is 1. The fraction of sp³-hybridized carbons (Fsp3) is 0.391. The first-order valence-corrected chi connectivity index (χ1v) is 10.4. The minimum Gasteiger partial charge on any atom is -0.350 e. The lowest BCUT2D eigenvalue weighted by Crippen LogP contribution is -2.46. The van der Waals surface area contributed by atoms with Crippen molar-refractivity contribution >= 4 is 22.6 Å². The molecule has 1 saturated carbocycles. The molecule has 150 valence electrons. The van der Waals surface area contributed by atoms with Gasteiger partial charge in [-0.3, -0.25) is 19.9 Å². The second-order valence-electron chi connectivity index (χ2n) is 8.33. The van der Waals surface area contributed by atoms with Gasteiger partial charge in [-0.2, -0.15) is 0 Å². The van der Waals surface area contributed by atoms with E-state index in [0.717, 1.165) is 17.3 Å². The third-order valence-electron chi connectivity index (χ3n) is 6.16. The molecule has 1 aliphatic carbocycles. The number of hydrogen-bond acceptors (Lipinski definition) is 4. The minimum absolute atomic E-state index is 0.0444. The maximum Gasteiger partial charge on any atom is 0.269 e. The van der Waals surface area contributed by atoms with Crippen LogP contribution in [0.1, 0.15) is 36.0 Å². The van der Waals surface area contributed by atoms with Crippen LogP contribution < -0.4 is 10.8 Å². The van der Waals surface area contributed by atoms with E-state index in [4.69, 9.17) is 4.84 Å². The monoisotopic (exact) mass is 391 g/mol. The van der Waals surface area contributed by atoms with Crippen molar-refractivity contribution in [3.8, 4) is 0 Å². The third-order valence-corrected chi connectivity index (χ3v) is 6.16. The van der Waals surface area contributed by atoms with Crippen molar-refractivity contribution in [1.29, 1.82) is 0 Å². The van der Waals surface area contributed by atoms with Gasteiger partial charge in [0.05, 0.1) is 0 Å². The van der Waals surface area contributed by atoms with Crippen LogP contribution in [0.3, 0.4) is 0 Å². The van der Waals surface area contributed by atoms with E-state index in [0.29, 0.717) is 43.1 Å². The van der Waals surface area contributed by atoms with Crippen LogP contribution in [0.4, 0.5) is 0 Å². The maximum absolute atomic E-state index is 13.0. The average Bonchev–Trinajstić information content (AvgIpc) is 3.51. The van der Waals surface area contributed by atoms with Crippen LogP contribution >= 0.6 is 0 Å². The van der Waals surface area contributed by atoms with E-state index in [1.165, 1.54) is 12.8 Å². The molecule has 2 N–H and O–H groups in total. The normalized spacial score (nSPS) is 20.4. The highest BCUT2D eigenvalue weighted by Gasteiger charge is 2.41. The second-order valence-corrected chi connectivity index (χ2v) is 8.33. The van der Waals surface area contributed by atoms with Gasteiger partial charge in [0.25, 0.3) is 11.8 Å². The lowest BCUT2D eigenvalue weighted by atomic mass is 9.90. The summed E-state index contributed by atoms with van der Waals surface area (Å²) in [5.74, 6) is 0.576. The quantitative estimate of drug-likeness (QED) is 0.841. The van der Waals surface area contributed by atoms with Gasteiger partial charge in [0.1, 0.15) is 11.3 Å². The van der Waals surface area contributed by atoms with Crippen molar-refractivity contribution in [3.63, 3.8) is 0 Å². The zero-order valence-electron chi connectivity index (χ0n) is 16.3. The van der Waals surface area contributed by atoms with E-state index in [2.05, 4.69) is 10.8 Å². The lowest BCUT2D eigenvalue weighted by Gasteiger charge is -2.36. The van der Waals surface area contributed by atoms with E-state index in [-0.39, 0.29) is 11.8 Å². The first kappa shape index (κ1) is 18.2. The van der Waals surface area contributed by atoms with Crippen LogP contribution in [0.5, 0.6) is 0 Å². The minimum atomic E-state index is -0.508. The Labute approximate surface area is 169 Å².